The average Bonchev–Trinajstić information content (AvgIpc) is 3.09. The van der Waals surface area contributed by atoms with Crippen LogP contribution in [0.4, 0.5) is 0 Å². The van der Waals surface area contributed by atoms with Gasteiger partial charge in [0.2, 0.25) is 11.8 Å². The van der Waals surface area contributed by atoms with Crippen LogP contribution in [0.2, 0.25) is 5.02 Å². The van der Waals surface area contributed by atoms with Crippen LogP contribution in [0.1, 0.15) is 41.5 Å². The van der Waals surface area contributed by atoms with Crippen molar-refractivity contribution in [2.45, 2.75) is 38.0 Å². The van der Waals surface area contributed by atoms with E-state index in [9.17, 15) is 4.79 Å². The highest BCUT2D eigenvalue weighted by Gasteiger charge is 2.21. The summed E-state index contributed by atoms with van der Waals surface area (Å²) in [6, 6.07) is 16.0. The van der Waals surface area contributed by atoms with Crippen LogP contribution in [0.15, 0.2) is 52.9 Å². The Morgan fingerprint density at radius 1 is 1.24 bits per heavy atom. The molecule has 0 saturated carbocycles. The van der Waals surface area contributed by atoms with Crippen molar-refractivity contribution in [1.82, 2.24) is 10.3 Å². The van der Waals surface area contributed by atoms with Crippen LogP contribution in [-0.2, 0) is 17.0 Å². The average molecular weight is 427 g/mol. The first-order valence-corrected chi connectivity index (χ1v) is 11.3. The number of rotatable bonds is 6. The molecular formula is C23H23ClN2O2S. The molecule has 1 aromatic heterocycles. The van der Waals surface area contributed by atoms with Gasteiger partial charge in [0.1, 0.15) is 5.76 Å². The molecule has 0 bridgehead atoms. The summed E-state index contributed by atoms with van der Waals surface area (Å²) in [4.78, 5) is 17.1. The van der Waals surface area contributed by atoms with Crippen molar-refractivity contribution >= 4 is 29.3 Å². The van der Waals surface area contributed by atoms with Crippen LogP contribution in [0.5, 0.6) is 0 Å². The fourth-order valence-corrected chi connectivity index (χ4v) is 4.74. The Morgan fingerprint density at radius 2 is 2.03 bits per heavy atom. The van der Waals surface area contributed by atoms with Gasteiger partial charge in [0.25, 0.3) is 0 Å². The van der Waals surface area contributed by atoms with E-state index in [2.05, 4.69) is 28.5 Å². The van der Waals surface area contributed by atoms with Crippen LogP contribution in [0.25, 0.3) is 11.5 Å². The molecule has 4 rings (SSSR count). The Labute approximate surface area is 180 Å². The maximum atomic E-state index is 12.5. The van der Waals surface area contributed by atoms with Gasteiger partial charge in [-0.25, -0.2) is 4.98 Å². The number of fused-ring (bicyclic) bond motifs is 1. The summed E-state index contributed by atoms with van der Waals surface area (Å²) < 4.78 is 5.79. The van der Waals surface area contributed by atoms with Gasteiger partial charge in [0.05, 0.1) is 28.1 Å². The standard InChI is InChI=1S/C23H23ClN2O2S/c1-15-21(26-23(28-15)18-10-4-5-11-19(18)24)13-29-14-22(27)25-20-12-6-8-16-7-2-3-9-17(16)20/h2-5,7,9-11,20H,6,8,12-14H2,1H3,(H,25,27)/t20-/m0/s1. The summed E-state index contributed by atoms with van der Waals surface area (Å²) in [6.45, 7) is 1.89. The fraction of sp³-hybridized carbons (Fsp3) is 0.304. The molecule has 0 fully saturated rings. The van der Waals surface area contributed by atoms with Gasteiger partial charge in [-0.05, 0) is 49.4 Å². The smallest absolute Gasteiger partial charge is 0.230 e. The topological polar surface area (TPSA) is 55.1 Å². The summed E-state index contributed by atoms with van der Waals surface area (Å²) in [5, 5.41) is 3.80. The van der Waals surface area contributed by atoms with Crippen LogP contribution < -0.4 is 5.32 Å². The zero-order chi connectivity index (χ0) is 20.2. The van der Waals surface area contributed by atoms with Crippen molar-refractivity contribution in [3.05, 3.63) is 76.1 Å². The number of nitrogens with one attached hydrogen (secondary N) is 1. The number of oxazole rings is 1. The van der Waals surface area contributed by atoms with E-state index in [0.717, 1.165) is 36.3 Å². The van der Waals surface area contributed by atoms with Gasteiger partial charge < -0.3 is 9.73 Å². The molecule has 1 heterocycles. The molecular weight excluding hydrogens is 404 g/mol. The first-order valence-electron chi connectivity index (χ1n) is 9.78. The van der Waals surface area contributed by atoms with Gasteiger partial charge in [-0.15, -0.1) is 11.8 Å². The summed E-state index contributed by atoms with van der Waals surface area (Å²) in [6.07, 6.45) is 3.20. The summed E-state index contributed by atoms with van der Waals surface area (Å²) >= 11 is 7.78. The van der Waals surface area contributed by atoms with Crippen LogP contribution >= 0.6 is 23.4 Å². The van der Waals surface area contributed by atoms with E-state index >= 15 is 0 Å². The molecule has 4 nitrogen and oxygen atoms in total. The van der Waals surface area contributed by atoms with Gasteiger partial charge in [-0.3, -0.25) is 4.79 Å². The van der Waals surface area contributed by atoms with Gasteiger partial charge >= 0.3 is 0 Å². The second-order valence-corrected chi connectivity index (χ2v) is 8.60. The molecule has 1 aliphatic carbocycles. The van der Waals surface area contributed by atoms with Crippen LogP contribution in [0, 0.1) is 6.92 Å². The second kappa shape index (κ2) is 9.06. The van der Waals surface area contributed by atoms with Crippen molar-refractivity contribution in [3.63, 3.8) is 0 Å². The van der Waals surface area contributed by atoms with Crippen molar-refractivity contribution < 1.29 is 9.21 Å². The van der Waals surface area contributed by atoms with E-state index in [0.29, 0.717) is 22.4 Å². The lowest BCUT2D eigenvalue weighted by Gasteiger charge is -2.26. The summed E-state index contributed by atoms with van der Waals surface area (Å²) in [5.41, 5.74) is 4.24. The Hall–Kier alpha value is -2.24. The maximum absolute atomic E-state index is 12.5. The Kier molecular flexibility index (Phi) is 6.26. The maximum Gasteiger partial charge on any atom is 0.230 e. The number of amides is 1. The first-order chi connectivity index (χ1) is 14.1. The van der Waals surface area contributed by atoms with Crippen molar-refractivity contribution in [3.8, 4) is 11.5 Å². The second-order valence-electron chi connectivity index (χ2n) is 7.21. The van der Waals surface area contributed by atoms with Gasteiger partial charge in [0.15, 0.2) is 0 Å². The highest BCUT2D eigenvalue weighted by atomic mass is 35.5. The van der Waals surface area contributed by atoms with E-state index < -0.39 is 0 Å². The lowest BCUT2D eigenvalue weighted by Crippen LogP contribution is -2.32. The van der Waals surface area contributed by atoms with Crippen LogP contribution in [0.3, 0.4) is 0 Å². The Balaban J connectivity index is 1.33. The van der Waals surface area contributed by atoms with Crippen molar-refractivity contribution in [2.24, 2.45) is 0 Å². The molecule has 2 aromatic carbocycles. The third-order valence-electron chi connectivity index (χ3n) is 5.17. The minimum absolute atomic E-state index is 0.0594. The monoisotopic (exact) mass is 426 g/mol. The number of halogens is 1. The number of carbonyl (C=O) groups excluding carboxylic acids is 1. The normalized spacial score (nSPS) is 15.7. The molecule has 1 amide bonds. The van der Waals surface area contributed by atoms with Gasteiger partial charge in [-0.1, -0.05) is 48.0 Å². The molecule has 1 N–H and O–H groups in total. The molecule has 0 saturated heterocycles. The number of benzene rings is 2. The molecule has 1 atom stereocenters. The molecule has 0 radical (unpaired) electrons. The molecule has 1 aliphatic rings. The SMILES string of the molecule is Cc1oc(-c2ccccc2Cl)nc1CSCC(=O)N[C@H]1CCCc2ccccc21. The lowest BCUT2D eigenvalue weighted by molar-refractivity contribution is -0.119. The molecule has 6 heteroatoms. The highest BCUT2D eigenvalue weighted by molar-refractivity contribution is 7.99. The molecule has 29 heavy (non-hydrogen) atoms. The van der Waals surface area contributed by atoms with E-state index in [1.165, 1.54) is 11.1 Å². The Morgan fingerprint density at radius 3 is 2.90 bits per heavy atom. The minimum Gasteiger partial charge on any atom is -0.441 e. The van der Waals surface area contributed by atoms with Crippen molar-refractivity contribution in [2.75, 3.05) is 5.75 Å². The zero-order valence-corrected chi connectivity index (χ0v) is 17.9. The molecule has 150 valence electrons. The fourth-order valence-electron chi connectivity index (χ4n) is 3.69. The molecule has 0 unspecified atom stereocenters. The van der Waals surface area contributed by atoms with E-state index in [4.69, 9.17) is 16.0 Å². The predicted octanol–water partition coefficient (Wildman–Crippen LogP) is 5.73. The first kappa shape index (κ1) is 20.0. The number of aryl methyl sites for hydroxylation is 2. The number of carbonyl (C=O) groups is 1. The van der Waals surface area contributed by atoms with Gasteiger partial charge in [0, 0.05) is 5.75 Å². The molecule has 0 spiro atoms. The number of hydrogen-bond acceptors (Lipinski definition) is 4. The number of aromatic nitrogens is 1. The largest absolute Gasteiger partial charge is 0.441 e. The summed E-state index contributed by atoms with van der Waals surface area (Å²) in [7, 11) is 0. The highest BCUT2D eigenvalue weighted by Crippen LogP contribution is 2.31. The predicted molar refractivity (Wildman–Crippen MR) is 118 cm³/mol. The molecule has 0 aliphatic heterocycles. The zero-order valence-electron chi connectivity index (χ0n) is 16.3. The third kappa shape index (κ3) is 4.68. The quantitative estimate of drug-likeness (QED) is 0.546. The number of thioether (sulfide) groups is 1. The van der Waals surface area contributed by atoms with E-state index in [1.807, 2.05) is 37.3 Å². The van der Waals surface area contributed by atoms with E-state index in [1.54, 1.807) is 11.8 Å². The Bertz CT molecular complexity index is 1020. The molecule has 3 aromatic rings. The lowest BCUT2D eigenvalue weighted by atomic mass is 9.88. The summed E-state index contributed by atoms with van der Waals surface area (Å²) in [5.74, 6) is 2.35. The van der Waals surface area contributed by atoms with Gasteiger partial charge in [-0.2, -0.15) is 0 Å². The third-order valence-corrected chi connectivity index (χ3v) is 6.45. The van der Waals surface area contributed by atoms with E-state index in [-0.39, 0.29) is 11.9 Å². The van der Waals surface area contributed by atoms with Crippen molar-refractivity contribution in [1.29, 1.82) is 0 Å². The number of nitrogens with zero attached hydrogens (tertiary/aromatic N) is 1. The number of hydrogen-bond donors (Lipinski definition) is 1. The minimum atomic E-state index is 0.0594. The van der Waals surface area contributed by atoms with Crippen LogP contribution in [-0.4, -0.2) is 16.6 Å².